The van der Waals surface area contributed by atoms with Gasteiger partial charge in [-0.25, -0.2) is 0 Å². The molecule has 5 heteroatoms. The van der Waals surface area contributed by atoms with Crippen LogP contribution in [-0.4, -0.2) is 34.6 Å². The van der Waals surface area contributed by atoms with Crippen LogP contribution in [-0.2, 0) is 6.54 Å². The molecule has 0 aliphatic heterocycles. The van der Waals surface area contributed by atoms with Gasteiger partial charge in [0.05, 0.1) is 12.2 Å². The van der Waals surface area contributed by atoms with E-state index in [1.807, 2.05) is 30.5 Å². The molecule has 0 aliphatic carbocycles. The molecule has 2 aromatic rings. The summed E-state index contributed by atoms with van der Waals surface area (Å²) in [5, 5.41) is 10.6. The van der Waals surface area contributed by atoms with Crippen molar-refractivity contribution in [1.29, 1.82) is 0 Å². The fraction of sp³-hybridized carbons (Fsp3) is 0.250. The zero-order valence-electron chi connectivity index (χ0n) is 12.0. The summed E-state index contributed by atoms with van der Waals surface area (Å²) in [5.41, 5.74) is 2.44. The molecule has 2 aromatic heterocycles. The van der Waals surface area contributed by atoms with Crippen molar-refractivity contribution in [3.63, 3.8) is 0 Å². The van der Waals surface area contributed by atoms with E-state index in [2.05, 4.69) is 16.8 Å². The van der Waals surface area contributed by atoms with Gasteiger partial charge in [-0.2, -0.15) is 0 Å². The normalized spacial score (nSPS) is 9.86. The summed E-state index contributed by atoms with van der Waals surface area (Å²) >= 11 is 1.35. The number of thiophene rings is 1. The lowest BCUT2D eigenvalue weighted by molar-refractivity contribution is 0.0788. The molecule has 0 atom stereocenters. The topological polar surface area (TPSA) is 53.4 Å². The van der Waals surface area contributed by atoms with Gasteiger partial charge in [-0.1, -0.05) is 17.9 Å². The first kappa shape index (κ1) is 15.2. The van der Waals surface area contributed by atoms with E-state index >= 15 is 0 Å². The number of aliphatic hydroxyl groups is 1. The third-order valence-electron chi connectivity index (χ3n) is 2.85. The molecule has 0 unspecified atom stereocenters. The van der Waals surface area contributed by atoms with Gasteiger partial charge in [-0.3, -0.25) is 9.78 Å². The Morgan fingerprint density at radius 1 is 1.43 bits per heavy atom. The summed E-state index contributed by atoms with van der Waals surface area (Å²) in [6.45, 7) is 2.16. The minimum absolute atomic E-state index is 0.0875. The smallest absolute Gasteiger partial charge is 0.265 e. The van der Waals surface area contributed by atoms with Crippen molar-refractivity contribution < 1.29 is 9.90 Å². The Morgan fingerprint density at radius 3 is 2.95 bits per heavy atom. The molecule has 0 saturated carbocycles. The van der Waals surface area contributed by atoms with Gasteiger partial charge in [0.1, 0.15) is 11.5 Å². The molecule has 0 radical (unpaired) electrons. The third kappa shape index (κ3) is 3.91. The largest absolute Gasteiger partial charge is 0.384 e. The highest BCUT2D eigenvalue weighted by atomic mass is 32.1. The van der Waals surface area contributed by atoms with E-state index in [4.69, 9.17) is 5.11 Å². The van der Waals surface area contributed by atoms with Crippen molar-refractivity contribution in [2.24, 2.45) is 0 Å². The first-order valence-corrected chi connectivity index (χ1v) is 7.35. The summed E-state index contributed by atoms with van der Waals surface area (Å²) in [6, 6.07) is 7.55. The van der Waals surface area contributed by atoms with Gasteiger partial charge in [-0.15, -0.1) is 11.3 Å². The van der Waals surface area contributed by atoms with Crippen LogP contribution in [0.25, 0.3) is 0 Å². The van der Waals surface area contributed by atoms with Crippen LogP contribution in [0.3, 0.4) is 0 Å². The lowest BCUT2D eigenvalue weighted by Crippen LogP contribution is -2.26. The lowest BCUT2D eigenvalue weighted by Gasteiger charge is -2.16. The number of carbonyl (C=O) groups is 1. The molecule has 1 amide bonds. The number of aliphatic hydroxyl groups excluding tert-OH is 1. The summed E-state index contributed by atoms with van der Waals surface area (Å²) in [5.74, 6) is 5.28. The molecule has 2 heterocycles. The molecule has 108 valence electrons. The Kier molecular flexibility index (Phi) is 5.09. The van der Waals surface area contributed by atoms with E-state index in [1.54, 1.807) is 18.0 Å². The molecular weight excluding hydrogens is 284 g/mol. The second-order valence-corrected chi connectivity index (χ2v) is 5.47. The highest BCUT2D eigenvalue weighted by molar-refractivity contribution is 7.12. The summed E-state index contributed by atoms with van der Waals surface area (Å²) in [7, 11) is 1.75. The summed E-state index contributed by atoms with van der Waals surface area (Å²) in [4.78, 5) is 19.1. The Balaban J connectivity index is 2.14. The van der Waals surface area contributed by atoms with Gasteiger partial charge >= 0.3 is 0 Å². The number of pyridine rings is 1. The molecule has 0 aliphatic rings. The van der Waals surface area contributed by atoms with Crippen LogP contribution in [0.2, 0.25) is 0 Å². The maximum absolute atomic E-state index is 12.5. The highest BCUT2D eigenvalue weighted by Crippen LogP contribution is 2.18. The standard InChI is InChI=1S/C16H16N2O2S/c1-12-5-3-7-14(17-12)11-18(2)16(20)15-13(6-4-9-19)8-10-21-15/h3,5,7-8,10,19H,9,11H2,1-2H3. The van der Waals surface area contributed by atoms with Crippen LogP contribution in [0.4, 0.5) is 0 Å². The van der Waals surface area contributed by atoms with Crippen LogP contribution >= 0.6 is 11.3 Å². The molecule has 0 spiro atoms. The van der Waals surface area contributed by atoms with Crippen LogP contribution in [0.1, 0.15) is 26.6 Å². The highest BCUT2D eigenvalue weighted by Gasteiger charge is 2.17. The number of nitrogens with zero attached hydrogens (tertiary/aromatic N) is 2. The number of amides is 1. The molecule has 1 N–H and O–H groups in total. The predicted octanol–water partition coefficient (Wildman–Crippen LogP) is 2.07. The quantitative estimate of drug-likeness (QED) is 0.883. The number of hydrogen-bond acceptors (Lipinski definition) is 4. The SMILES string of the molecule is Cc1cccc(CN(C)C(=O)c2sccc2C#CCO)n1. The Bertz CT molecular complexity index is 698. The monoisotopic (exact) mass is 300 g/mol. The van der Waals surface area contributed by atoms with Crippen LogP contribution in [0, 0.1) is 18.8 Å². The second-order valence-electron chi connectivity index (χ2n) is 4.55. The van der Waals surface area contributed by atoms with Crippen molar-refractivity contribution in [3.05, 3.63) is 51.5 Å². The average molecular weight is 300 g/mol. The molecule has 21 heavy (non-hydrogen) atoms. The molecule has 4 nitrogen and oxygen atoms in total. The van der Waals surface area contributed by atoms with Crippen LogP contribution in [0.5, 0.6) is 0 Å². The van der Waals surface area contributed by atoms with Crippen molar-refractivity contribution in [3.8, 4) is 11.8 Å². The predicted molar refractivity (Wildman–Crippen MR) is 83.1 cm³/mol. The molecule has 0 saturated heterocycles. The summed E-state index contributed by atoms with van der Waals surface area (Å²) < 4.78 is 0. The van der Waals surface area contributed by atoms with Gasteiger partial charge in [0.25, 0.3) is 5.91 Å². The van der Waals surface area contributed by atoms with E-state index in [-0.39, 0.29) is 12.5 Å². The fourth-order valence-corrected chi connectivity index (χ4v) is 2.73. The van der Waals surface area contributed by atoms with Crippen molar-refractivity contribution in [2.45, 2.75) is 13.5 Å². The Morgan fingerprint density at radius 2 is 2.24 bits per heavy atom. The second kappa shape index (κ2) is 7.02. The third-order valence-corrected chi connectivity index (χ3v) is 3.76. The average Bonchev–Trinajstić information content (AvgIpc) is 2.92. The van der Waals surface area contributed by atoms with Crippen molar-refractivity contribution in [2.75, 3.05) is 13.7 Å². The van der Waals surface area contributed by atoms with Gasteiger partial charge in [0, 0.05) is 18.3 Å². The van der Waals surface area contributed by atoms with Crippen molar-refractivity contribution >= 4 is 17.2 Å². The van der Waals surface area contributed by atoms with Gasteiger partial charge in [0.15, 0.2) is 0 Å². The van der Waals surface area contributed by atoms with Gasteiger partial charge < -0.3 is 10.0 Å². The molecule has 0 bridgehead atoms. The zero-order chi connectivity index (χ0) is 15.2. The fourth-order valence-electron chi connectivity index (χ4n) is 1.88. The van der Waals surface area contributed by atoms with E-state index in [0.717, 1.165) is 11.4 Å². The molecule has 2 rings (SSSR count). The number of rotatable bonds is 3. The van der Waals surface area contributed by atoms with Crippen molar-refractivity contribution in [1.82, 2.24) is 9.88 Å². The van der Waals surface area contributed by atoms with E-state index in [0.29, 0.717) is 17.0 Å². The number of carbonyl (C=O) groups excluding carboxylic acids is 1. The van der Waals surface area contributed by atoms with E-state index in [9.17, 15) is 4.79 Å². The Hall–Kier alpha value is -2.16. The summed E-state index contributed by atoms with van der Waals surface area (Å²) in [6.07, 6.45) is 0. The van der Waals surface area contributed by atoms with Crippen LogP contribution in [0.15, 0.2) is 29.6 Å². The minimum Gasteiger partial charge on any atom is -0.384 e. The first-order valence-electron chi connectivity index (χ1n) is 6.47. The van der Waals surface area contributed by atoms with E-state index < -0.39 is 0 Å². The van der Waals surface area contributed by atoms with Gasteiger partial charge in [0.2, 0.25) is 0 Å². The molecule has 0 aromatic carbocycles. The molecular formula is C16H16N2O2S. The van der Waals surface area contributed by atoms with Crippen LogP contribution < -0.4 is 0 Å². The number of aryl methyl sites for hydroxylation is 1. The zero-order valence-corrected chi connectivity index (χ0v) is 12.8. The minimum atomic E-state index is -0.216. The Labute approximate surface area is 128 Å². The van der Waals surface area contributed by atoms with Gasteiger partial charge in [-0.05, 0) is 30.5 Å². The lowest BCUT2D eigenvalue weighted by atomic mass is 10.2. The maximum Gasteiger partial charge on any atom is 0.265 e. The number of aromatic nitrogens is 1. The maximum atomic E-state index is 12.5. The van der Waals surface area contributed by atoms with E-state index in [1.165, 1.54) is 11.3 Å². The number of hydrogen-bond donors (Lipinski definition) is 1. The molecule has 0 fully saturated rings. The first-order chi connectivity index (χ1) is 10.1.